The van der Waals surface area contributed by atoms with Crippen molar-refractivity contribution in [1.29, 1.82) is 5.26 Å². The van der Waals surface area contributed by atoms with E-state index in [1.807, 2.05) is 85.8 Å². The van der Waals surface area contributed by atoms with Gasteiger partial charge < -0.3 is 4.57 Å². The van der Waals surface area contributed by atoms with Crippen molar-refractivity contribution in [2.45, 2.75) is 13.5 Å². The molecule has 0 spiro atoms. The van der Waals surface area contributed by atoms with Gasteiger partial charge in [0.25, 0.3) is 0 Å². The summed E-state index contributed by atoms with van der Waals surface area (Å²) in [5, 5.41) is 10.6. The van der Waals surface area contributed by atoms with E-state index in [9.17, 15) is 5.26 Å². The Morgan fingerprint density at radius 3 is 2.46 bits per heavy atom. The Morgan fingerprint density at radius 2 is 1.75 bits per heavy atom. The van der Waals surface area contributed by atoms with Crippen LogP contribution in [0.25, 0.3) is 22.7 Å². The van der Waals surface area contributed by atoms with E-state index in [4.69, 9.17) is 16.6 Å². The van der Waals surface area contributed by atoms with Crippen LogP contribution >= 0.6 is 11.6 Å². The van der Waals surface area contributed by atoms with Gasteiger partial charge in [0.15, 0.2) is 5.82 Å². The second kappa shape index (κ2) is 7.72. The van der Waals surface area contributed by atoms with E-state index in [1.54, 1.807) is 0 Å². The SMILES string of the molecule is Cc1ccc(/C=C(\C#N)c2nc3ccccc3n2Cc2ccc(Cl)cc2)cc1. The minimum atomic E-state index is 0.536. The second-order valence-corrected chi connectivity index (χ2v) is 7.15. The Balaban J connectivity index is 1.84. The van der Waals surface area contributed by atoms with E-state index in [-0.39, 0.29) is 0 Å². The number of nitriles is 1. The molecule has 0 unspecified atom stereocenters. The van der Waals surface area contributed by atoms with E-state index in [1.165, 1.54) is 5.56 Å². The van der Waals surface area contributed by atoms with Crippen molar-refractivity contribution in [3.05, 3.63) is 100 Å². The second-order valence-electron chi connectivity index (χ2n) is 6.72. The Kier molecular flexibility index (Phi) is 4.97. The summed E-state index contributed by atoms with van der Waals surface area (Å²) in [7, 11) is 0. The van der Waals surface area contributed by atoms with E-state index in [2.05, 4.69) is 10.6 Å². The molecule has 0 aliphatic carbocycles. The number of hydrogen-bond donors (Lipinski definition) is 0. The Morgan fingerprint density at radius 1 is 1.04 bits per heavy atom. The monoisotopic (exact) mass is 383 g/mol. The lowest BCUT2D eigenvalue weighted by atomic mass is 10.1. The van der Waals surface area contributed by atoms with Gasteiger partial charge in [0.1, 0.15) is 6.07 Å². The molecular formula is C24H18ClN3. The Labute approximate surface area is 169 Å². The van der Waals surface area contributed by atoms with Crippen molar-refractivity contribution in [3.63, 3.8) is 0 Å². The molecule has 0 bridgehead atoms. The fraction of sp³-hybridized carbons (Fsp3) is 0.0833. The molecule has 3 nitrogen and oxygen atoms in total. The Bertz CT molecular complexity index is 1190. The predicted molar refractivity (Wildman–Crippen MR) is 115 cm³/mol. The van der Waals surface area contributed by atoms with Gasteiger partial charge in [-0.05, 0) is 48.4 Å². The zero-order valence-corrected chi connectivity index (χ0v) is 16.2. The fourth-order valence-electron chi connectivity index (χ4n) is 3.19. The third kappa shape index (κ3) is 3.69. The van der Waals surface area contributed by atoms with E-state index >= 15 is 0 Å². The molecule has 4 heteroatoms. The fourth-order valence-corrected chi connectivity index (χ4v) is 3.32. The zero-order valence-electron chi connectivity index (χ0n) is 15.4. The highest BCUT2D eigenvalue weighted by Gasteiger charge is 2.15. The first-order chi connectivity index (χ1) is 13.6. The first-order valence-electron chi connectivity index (χ1n) is 9.02. The van der Waals surface area contributed by atoms with Crippen LogP contribution in [0.3, 0.4) is 0 Å². The lowest BCUT2D eigenvalue weighted by Gasteiger charge is -2.09. The Hall–Kier alpha value is -3.35. The summed E-state index contributed by atoms with van der Waals surface area (Å²) in [5.74, 6) is 0.666. The molecule has 1 heterocycles. The van der Waals surface area contributed by atoms with Crippen molar-refractivity contribution in [3.8, 4) is 6.07 Å². The van der Waals surface area contributed by atoms with Crippen LogP contribution in [-0.4, -0.2) is 9.55 Å². The summed E-state index contributed by atoms with van der Waals surface area (Å²) in [6.07, 6.45) is 1.89. The van der Waals surface area contributed by atoms with Crippen molar-refractivity contribution in [2.24, 2.45) is 0 Å². The minimum Gasteiger partial charge on any atom is -0.319 e. The molecule has 4 rings (SSSR count). The number of imidazole rings is 1. The molecule has 0 radical (unpaired) electrons. The van der Waals surface area contributed by atoms with Crippen LogP contribution in [0.1, 0.15) is 22.5 Å². The standard InChI is InChI=1S/C24H18ClN3/c1-17-6-8-18(9-7-17)14-20(15-26)24-27-22-4-2-3-5-23(22)28(24)16-19-10-12-21(25)13-11-19/h2-14H,16H2,1H3/b20-14+. The van der Waals surface area contributed by atoms with Gasteiger partial charge in [0.2, 0.25) is 0 Å². The van der Waals surface area contributed by atoms with Crippen LogP contribution in [0.5, 0.6) is 0 Å². The lowest BCUT2D eigenvalue weighted by molar-refractivity contribution is 0.811. The molecule has 0 saturated heterocycles. The summed E-state index contributed by atoms with van der Waals surface area (Å²) in [6.45, 7) is 2.66. The maximum absolute atomic E-state index is 9.86. The van der Waals surface area contributed by atoms with Crippen molar-refractivity contribution < 1.29 is 0 Å². The smallest absolute Gasteiger partial charge is 0.152 e. The number of benzene rings is 3. The summed E-state index contributed by atoms with van der Waals surface area (Å²) in [6, 6.07) is 26.1. The van der Waals surface area contributed by atoms with Gasteiger partial charge in [0, 0.05) is 11.6 Å². The predicted octanol–water partition coefficient (Wildman–Crippen LogP) is 6.11. The van der Waals surface area contributed by atoms with Gasteiger partial charge in [-0.1, -0.05) is 65.7 Å². The summed E-state index contributed by atoms with van der Waals surface area (Å²) in [5.41, 5.74) is 5.67. The highest BCUT2D eigenvalue weighted by molar-refractivity contribution is 6.30. The number of allylic oxidation sites excluding steroid dienone is 1. The van der Waals surface area contributed by atoms with E-state index < -0.39 is 0 Å². The van der Waals surface area contributed by atoms with Crippen LogP contribution in [0.4, 0.5) is 0 Å². The molecule has 0 aliphatic rings. The van der Waals surface area contributed by atoms with Crippen LogP contribution < -0.4 is 0 Å². The molecule has 4 aromatic rings. The summed E-state index contributed by atoms with van der Waals surface area (Å²) < 4.78 is 2.09. The van der Waals surface area contributed by atoms with Gasteiger partial charge in [-0.25, -0.2) is 4.98 Å². The van der Waals surface area contributed by atoms with Crippen LogP contribution in [-0.2, 0) is 6.54 Å². The molecule has 0 amide bonds. The lowest BCUT2D eigenvalue weighted by Crippen LogP contribution is -2.04. The highest BCUT2D eigenvalue weighted by Crippen LogP contribution is 2.25. The summed E-state index contributed by atoms with van der Waals surface area (Å²) in [4.78, 5) is 4.76. The van der Waals surface area contributed by atoms with Gasteiger partial charge >= 0.3 is 0 Å². The van der Waals surface area contributed by atoms with Crippen LogP contribution in [0.2, 0.25) is 5.02 Å². The quantitative estimate of drug-likeness (QED) is 0.399. The minimum absolute atomic E-state index is 0.536. The maximum Gasteiger partial charge on any atom is 0.152 e. The first kappa shape index (κ1) is 18.0. The molecule has 1 aromatic heterocycles. The van der Waals surface area contributed by atoms with Crippen molar-refractivity contribution >= 4 is 34.3 Å². The molecule has 0 N–H and O–H groups in total. The highest BCUT2D eigenvalue weighted by atomic mass is 35.5. The molecule has 136 valence electrons. The molecule has 0 saturated carbocycles. The van der Waals surface area contributed by atoms with Gasteiger partial charge in [-0.2, -0.15) is 5.26 Å². The average Bonchev–Trinajstić information content (AvgIpc) is 3.07. The zero-order chi connectivity index (χ0) is 19.5. The normalized spacial score (nSPS) is 11.5. The van der Waals surface area contributed by atoms with Gasteiger partial charge in [-0.15, -0.1) is 0 Å². The molecule has 0 aliphatic heterocycles. The van der Waals surface area contributed by atoms with Crippen LogP contribution in [0.15, 0.2) is 72.8 Å². The number of rotatable bonds is 4. The molecule has 0 atom stereocenters. The first-order valence-corrected chi connectivity index (χ1v) is 9.40. The number of halogens is 1. The third-order valence-corrected chi connectivity index (χ3v) is 4.91. The van der Waals surface area contributed by atoms with Crippen molar-refractivity contribution in [1.82, 2.24) is 9.55 Å². The van der Waals surface area contributed by atoms with Crippen molar-refractivity contribution in [2.75, 3.05) is 0 Å². The molecule has 28 heavy (non-hydrogen) atoms. The number of fused-ring (bicyclic) bond motifs is 1. The number of nitrogens with zero attached hydrogens (tertiary/aromatic N) is 3. The van der Waals surface area contributed by atoms with E-state index in [0.717, 1.165) is 22.2 Å². The maximum atomic E-state index is 9.86. The number of para-hydroxylation sites is 2. The average molecular weight is 384 g/mol. The van der Waals surface area contributed by atoms with Crippen LogP contribution in [0, 0.1) is 18.3 Å². The summed E-state index contributed by atoms with van der Waals surface area (Å²) >= 11 is 6.02. The molecular weight excluding hydrogens is 366 g/mol. The largest absolute Gasteiger partial charge is 0.319 e. The van der Waals surface area contributed by atoms with Gasteiger partial charge in [-0.3, -0.25) is 0 Å². The van der Waals surface area contributed by atoms with E-state index in [0.29, 0.717) is 23.0 Å². The molecule has 3 aromatic carbocycles. The number of aromatic nitrogens is 2. The third-order valence-electron chi connectivity index (χ3n) is 4.66. The van der Waals surface area contributed by atoms with Gasteiger partial charge in [0.05, 0.1) is 16.6 Å². The molecule has 0 fully saturated rings. The number of hydrogen-bond acceptors (Lipinski definition) is 2. The topological polar surface area (TPSA) is 41.6 Å². The number of aryl methyl sites for hydroxylation is 1.